The molecule has 2 aromatic carbocycles. The summed E-state index contributed by atoms with van der Waals surface area (Å²) in [5, 5.41) is 4.24. The van der Waals surface area contributed by atoms with Crippen LogP contribution in [0.15, 0.2) is 87.5 Å². The van der Waals surface area contributed by atoms with Gasteiger partial charge < -0.3 is 18.4 Å². The molecule has 35 heavy (non-hydrogen) atoms. The number of hydrogen-bond donors (Lipinski definition) is 0. The van der Waals surface area contributed by atoms with Crippen molar-refractivity contribution in [1.29, 1.82) is 0 Å². The standard InChI is InChI=1S/C29H29NO5/c1-20(10-15-28(31)32-3)16-18-34-27-8-5-4-7-24(27)19-25-21(2)30-35-29(25)23-13-11-22(12-14-23)26-9-6-17-33-26/h4-9,11-14,16-17H,10,15,18-19H2,1-3H3. The van der Waals surface area contributed by atoms with E-state index < -0.39 is 0 Å². The van der Waals surface area contributed by atoms with Crippen LogP contribution in [0.4, 0.5) is 0 Å². The summed E-state index contributed by atoms with van der Waals surface area (Å²) < 4.78 is 22.0. The first-order valence-electron chi connectivity index (χ1n) is 11.6. The van der Waals surface area contributed by atoms with Crippen LogP contribution in [-0.2, 0) is 16.0 Å². The summed E-state index contributed by atoms with van der Waals surface area (Å²) in [4.78, 5) is 11.3. The summed E-state index contributed by atoms with van der Waals surface area (Å²) in [6.45, 7) is 4.37. The van der Waals surface area contributed by atoms with Gasteiger partial charge in [-0.2, -0.15) is 0 Å². The lowest BCUT2D eigenvalue weighted by molar-refractivity contribution is -0.140. The van der Waals surface area contributed by atoms with E-state index in [0.29, 0.717) is 25.9 Å². The molecule has 0 aliphatic heterocycles. The largest absolute Gasteiger partial charge is 0.489 e. The van der Waals surface area contributed by atoms with Gasteiger partial charge in [0, 0.05) is 29.5 Å². The number of allylic oxidation sites excluding steroid dienone is 1. The second kappa shape index (κ2) is 11.4. The zero-order valence-corrected chi connectivity index (χ0v) is 20.2. The Morgan fingerprint density at radius 2 is 1.77 bits per heavy atom. The van der Waals surface area contributed by atoms with Crippen LogP contribution >= 0.6 is 0 Å². The van der Waals surface area contributed by atoms with Crippen molar-refractivity contribution in [2.24, 2.45) is 0 Å². The monoisotopic (exact) mass is 471 g/mol. The highest BCUT2D eigenvalue weighted by Crippen LogP contribution is 2.32. The second-order valence-corrected chi connectivity index (χ2v) is 8.35. The highest BCUT2D eigenvalue weighted by atomic mass is 16.5. The van der Waals surface area contributed by atoms with E-state index >= 15 is 0 Å². The van der Waals surface area contributed by atoms with Crippen molar-refractivity contribution in [3.63, 3.8) is 0 Å². The molecule has 0 saturated carbocycles. The molecule has 0 atom stereocenters. The lowest BCUT2D eigenvalue weighted by atomic mass is 9.98. The molecule has 2 heterocycles. The van der Waals surface area contributed by atoms with Gasteiger partial charge in [-0.1, -0.05) is 53.2 Å². The predicted octanol–water partition coefficient (Wildman–Crippen LogP) is 6.78. The number of furan rings is 1. The molecule has 4 rings (SSSR count). The van der Waals surface area contributed by atoms with E-state index in [9.17, 15) is 4.79 Å². The Kier molecular flexibility index (Phi) is 7.83. The van der Waals surface area contributed by atoms with Gasteiger partial charge in [0.1, 0.15) is 18.1 Å². The van der Waals surface area contributed by atoms with Crippen molar-refractivity contribution in [1.82, 2.24) is 5.16 Å². The van der Waals surface area contributed by atoms with Crippen LogP contribution in [0.2, 0.25) is 0 Å². The van der Waals surface area contributed by atoms with Crippen LogP contribution in [0, 0.1) is 6.92 Å². The fraction of sp³-hybridized carbons (Fsp3) is 0.241. The fourth-order valence-electron chi connectivity index (χ4n) is 3.81. The summed E-state index contributed by atoms with van der Waals surface area (Å²) in [5.41, 5.74) is 5.97. The molecule has 0 fully saturated rings. The molecule has 6 nitrogen and oxygen atoms in total. The summed E-state index contributed by atoms with van der Waals surface area (Å²) in [5.74, 6) is 2.18. The highest BCUT2D eigenvalue weighted by Gasteiger charge is 2.17. The van der Waals surface area contributed by atoms with Gasteiger partial charge >= 0.3 is 5.97 Å². The van der Waals surface area contributed by atoms with Crippen LogP contribution in [-0.4, -0.2) is 24.8 Å². The Morgan fingerprint density at radius 1 is 1.00 bits per heavy atom. The number of aryl methyl sites for hydroxylation is 1. The third kappa shape index (κ3) is 6.09. The number of methoxy groups -OCH3 is 1. The molecule has 0 radical (unpaired) electrons. The minimum atomic E-state index is -0.209. The molecule has 180 valence electrons. The number of ether oxygens (including phenoxy) is 2. The molecule has 0 bridgehead atoms. The summed E-state index contributed by atoms with van der Waals surface area (Å²) in [6.07, 6.45) is 5.31. The van der Waals surface area contributed by atoms with Gasteiger partial charge in [-0.3, -0.25) is 4.79 Å². The quantitative estimate of drug-likeness (QED) is 0.187. The SMILES string of the molecule is COC(=O)CCC(C)=CCOc1ccccc1Cc1c(C)noc1-c1ccc(-c2ccco2)cc1. The third-order valence-electron chi connectivity index (χ3n) is 5.90. The molecule has 4 aromatic rings. The predicted molar refractivity (Wildman–Crippen MR) is 134 cm³/mol. The second-order valence-electron chi connectivity index (χ2n) is 8.35. The van der Waals surface area contributed by atoms with Crippen LogP contribution < -0.4 is 4.74 Å². The van der Waals surface area contributed by atoms with Crippen molar-refractivity contribution >= 4 is 5.97 Å². The van der Waals surface area contributed by atoms with Gasteiger partial charge in [0.25, 0.3) is 0 Å². The van der Waals surface area contributed by atoms with Crippen molar-refractivity contribution in [3.8, 4) is 28.4 Å². The summed E-state index contributed by atoms with van der Waals surface area (Å²) in [6, 6.07) is 19.9. The molecular weight excluding hydrogens is 442 g/mol. The maximum Gasteiger partial charge on any atom is 0.305 e. The highest BCUT2D eigenvalue weighted by molar-refractivity contribution is 5.69. The Hall–Kier alpha value is -4.06. The van der Waals surface area contributed by atoms with Gasteiger partial charge in [0.2, 0.25) is 0 Å². The number of para-hydroxylation sites is 1. The number of nitrogens with zero attached hydrogens (tertiary/aromatic N) is 1. The van der Waals surface area contributed by atoms with E-state index in [1.807, 2.05) is 74.5 Å². The number of carbonyl (C=O) groups is 1. The molecule has 0 unspecified atom stereocenters. The Bertz CT molecular complexity index is 1280. The molecule has 6 heteroatoms. The van der Waals surface area contributed by atoms with Crippen molar-refractivity contribution < 1.29 is 23.2 Å². The molecule has 0 N–H and O–H groups in total. The Labute approximate surface area is 205 Å². The molecular formula is C29H29NO5. The number of carbonyl (C=O) groups excluding carboxylic acids is 1. The zero-order valence-electron chi connectivity index (χ0n) is 20.2. The van der Waals surface area contributed by atoms with Crippen molar-refractivity contribution in [2.45, 2.75) is 33.1 Å². The van der Waals surface area contributed by atoms with Gasteiger partial charge in [0.15, 0.2) is 5.76 Å². The maximum absolute atomic E-state index is 11.3. The van der Waals surface area contributed by atoms with Crippen LogP contribution in [0.3, 0.4) is 0 Å². The van der Waals surface area contributed by atoms with E-state index in [1.165, 1.54) is 7.11 Å². The van der Waals surface area contributed by atoms with Crippen LogP contribution in [0.25, 0.3) is 22.6 Å². The van der Waals surface area contributed by atoms with E-state index in [2.05, 4.69) is 11.2 Å². The number of hydrogen-bond acceptors (Lipinski definition) is 6. The van der Waals surface area contributed by atoms with E-state index in [1.54, 1.807) is 6.26 Å². The van der Waals surface area contributed by atoms with E-state index in [0.717, 1.165) is 50.8 Å². The van der Waals surface area contributed by atoms with Crippen molar-refractivity contribution in [2.75, 3.05) is 13.7 Å². The van der Waals surface area contributed by atoms with Crippen molar-refractivity contribution in [3.05, 3.63) is 95.4 Å². The number of esters is 1. The molecule has 0 saturated heterocycles. The fourth-order valence-corrected chi connectivity index (χ4v) is 3.81. The van der Waals surface area contributed by atoms with E-state index in [4.69, 9.17) is 18.4 Å². The van der Waals surface area contributed by atoms with E-state index in [-0.39, 0.29) is 5.97 Å². The maximum atomic E-state index is 11.3. The lowest BCUT2D eigenvalue weighted by Crippen LogP contribution is -2.02. The molecule has 2 aromatic heterocycles. The topological polar surface area (TPSA) is 74.7 Å². The Morgan fingerprint density at radius 3 is 2.51 bits per heavy atom. The first kappa shape index (κ1) is 24.1. The molecule has 0 amide bonds. The number of rotatable bonds is 10. The molecule has 0 aliphatic rings. The smallest absolute Gasteiger partial charge is 0.305 e. The minimum absolute atomic E-state index is 0.209. The van der Waals surface area contributed by atoms with Crippen LogP contribution in [0.5, 0.6) is 5.75 Å². The summed E-state index contributed by atoms with van der Waals surface area (Å²) >= 11 is 0. The summed E-state index contributed by atoms with van der Waals surface area (Å²) in [7, 11) is 1.40. The van der Waals surface area contributed by atoms with Crippen LogP contribution in [0.1, 0.15) is 36.6 Å². The first-order chi connectivity index (χ1) is 17.0. The van der Waals surface area contributed by atoms with Gasteiger partial charge in [-0.05, 0) is 50.1 Å². The minimum Gasteiger partial charge on any atom is -0.489 e. The normalized spacial score (nSPS) is 11.5. The average molecular weight is 472 g/mol. The molecule has 0 spiro atoms. The van der Waals surface area contributed by atoms with Gasteiger partial charge in [-0.25, -0.2) is 0 Å². The number of benzene rings is 2. The lowest BCUT2D eigenvalue weighted by Gasteiger charge is -2.11. The third-order valence-corrected chi connectivity index (χ3v) is 5.90. The molecule has 0 aliphatic carbocycles. The van der Waals surface area contributed by atoms with Gasteiger partial charge in [0.05, 0.1) is 19.1 Å². The first-order valence-corrected chi connectivity index (χ1v) is 11.6. The zero-order chi connectivity index (χ0) is 24.6. The Balaban J connectivity index is 1.48. The van der Waals surface area contributed by atoms with Gasteiger partial charge in [-0.15, -0.1) is 0 Å². The average Bonchev–Trinajstić information content (AvgIpc) is 3.54. The number of aromatic nitrogens is 1.